The fourth-order valence-electron chi connectivity index (χ4n) is 2.11. The van der Waals surface area contributed by atoms with Gasteiger partial charge in [0.05, 0.1) is 0 Å². The van der Waals surface area contributed by atoms with Gasteiger partial charge in [0.15, 0.2) is 0 Å². The van der Waals surface area contributed by atoms with E-state index in [1.54, 1.807) is 11.8 Å². The van der Waals surface area contributed by atoms with Crippen molar-refractivity contribution < 1.29 is 4.39 Å². The molecule has 2 rings (SSSR count). The van der Waals surface area contributed by atoms with Gasteiger partial charge >= 0.3 is 0 Å². The number of hydrogen-bond donors (Lipinski definition) is 1. The van der Waals surface area contributed by atoms with Crippen LogP contribution in [0, 0.1) is 5.82 Å². The number of fused-ring (bicyclic) bond motifs is 1. The summed E-state index contributed by atoms with van der Waals surface area (Å²) in [5.41, 5.74) is 1.82. The molecular formula is C12H15ClFNS. The summed E-state index contributed by atoms with van der Waals surface area (Å²) in [6.07, 6.45) is 1.01. The van der Waals surface area contributed by atoms with Crippen molar-refractivity contribution in [2.75, 3.05) is 7.05 Å². The van der Waals surface area contributed by atoms with Crippen LogP contribution in [-0.4, -0.2) is 12.3 Å². The van der Waals surface area contributed by atoms with Crippen molar-refractivity contribution in [1.82, 2.24) is 5.32 Å². The second-order valence-electron chi connectivity index (χ2n) is 4.15. The number of hydrogen-bond acceptors (Lipinski definition) is 2. The summed E-state index contributed by atoms with van der Waals surface area (Å²) in [5, 5.41) is 4.26. The van der Waals surface area contributed by atoms with E-state index in [2.05, 4.69) is 12.2 Å². The van der Waals surface area contributed by atoms with Crippen molar-refractivity contribution in [3.8, 4) is 0 Å². The third-order valence-corrected chi connectivity index (χ3v) is 4.43. The van der Waals surface area contributed by atoms with Crippen LogP contribution in [0.25, 0.3) is 0 Å². The van der Waals surface area contributed by atoms with Gasteiger partial charge in [-0.2, -0.15) is 11.8 Å². The average molecular weight is 260 g/mol. The van der Waals surface area contributed by atoms with Gasteiger partial charge in [-0.1, -0.05) is 18.5 Å². The monoisotopic (exact) mass is 259 g/mol. The second kappa shape index (κ2) is 4.94. The first-order chi connectivity index (χ1) is 7.61. The Morgan fingerprint density at radius 2 is 2.25 bits per heavy atom. The molecule has 0 aliphatic carbocycles. The summed E-state index contributed by atoms with van der Waals surface area (Å²) in [5.74, 6) is 0.557. The van der Waals surface area contributed by atoms with Crippen molar-refractivity contribution in [3.05, 3.63) is 34.1 Å². The Bertz CT molecular complexity index is 397. The highest BCUT2D eigenvalue weighted by Crippen LogP contribution is 2.37. The van der Waals surface area contributed by atoms with Crippen LogP contribution in [0.15, 0.2) is 12.1 Å². The van der Waals surface area contributed by atoms with Crippen molar-refractivity contribution in [2.24, 2.45) is 0 Å². The zero-order chi connectivity index (χ0) is 11.7. The molecule has 1 aromatic carbocycles. The van der Waals surface area contributed by atoms with Crippen LogP contribution >= 0.6 is 23.4 Å². The Morgan fingerprint density at radius 1 is 1.50 bits per heavy atom. The molecule has 1 aliphatic rings. The summed E-state index contributed by atoms with van der Waals surface area (Å²) in [7, 11) is 1.91. The summed E-state index contributed by atoms with van der Waals surface area (Å²) < 4.78 is 13.8. The molecule has 0 fully saturated rings. The quantitative estimate of drug-likeness (QED) is 0.824. The standard InChI is InChI=1S/C12H15ClFNS/c1-7-3-12(15-2)9-4-8(13)5-11(14)10(9)6-16-7/h4-5,7,12,15H,3,6H2,1-2H3. The maximum atomic E-state index is 13.8. The molecular weight excluding hydrogens is 245 g/mol. The SMILES string of the molecule is CNC1CC(C)SCc2c(F)cc(Cl)cc21. The number of nitrogens with one attached hydrogen (secondary N) is 1. The Balaban J connectivity index is 2.48. The van der Waals surface area contributed by atoms with Gasteiger partial charge in [-0.3, -0.25) is 0 Å². The molecule has 0 radical (unpaired) electrons. The lowest BCUT2D eigenvalue weighted by Crippen LogP contribution is -2.19. The smallest absolute Gasteiger partial charge is 0.129 e. The molecule has 2 unspecified atom stereocenters. The molecule has 1 nitrogen and oxygen atoms in total. The van der Waals surface area contributed by atoms with Crippen molar-refractivity contribution in [1.29, 1.82) is 0 Å². The zero-order valence-corrected chi connectivity index (χ0v) is 11.0. The highest BCUT2D eigenvalue weighted by atomic mass is 35.5. The minimum atomic E-state index is -0.177. The first-order valence-electron chi connectivity index (χ1n) is 5.38. The van der Waals surface area contributed by atoms with E-state index in [4.69, 9.17) is 11.6 Å². The van der Waals surface area contributed by atoms with Crippen molar-refractivity contribution in [2.45, 2.75) is 30.4 Å². The van der Waals surface area contributed by atoms with Crippen LogP contribution in [0.2, 0.25) is 5.02 Å². The fraction of sp³-hybridized carbons (Fsp3) is 0.500. The lowest BCUT2D eigenvalue weighted by Gasteiger charge is -2.18. The Hall–Kier alpha value is -0.250. The predicted molar refractivity (Wildman–Crippen MR) is 68.6 cm³/mol. The second-order valence-corrected chi connectivity index (χ2v) is 6.02. The molecule has 1 N–H and O–H groups in total. The van der Waals surface area contributed by atoms with Crippen LogP contribution in [-0.2, 0) is 5.75 Å². The number of benzene rings is 1. The maximum Gasteiger partial charge on any atom is 0.129 e. The lowest BCUT2D eigenvalue weighted by molar-refractivity contribution is 0.541. The highest BCUT2D eigenvalue weighted by molar-refractivity contribution is 7.99. The van der Waals surface area contributed by atoms with Gasteiger partial charge in [0.2, 0.25) is 0 Å². The minimum absolute atomic E-state index is 0.177. The molecule has 0 bridgehead atoms. The molecule has 0 saturated carbocycles. The van der Waals surface area contributed by atoms with Crippen LogP contribution in [0.1, 0.15) is 30.5 Å². The first-order valence-corrected chi connectivity index (χ1v) is 6.81. The third-order valence-electron chi connectivity index (χ3n) is 3.00. The molecule has 0 saturated heterocycles. The normalized spacial score (nSPS) is 25.0. The van der Waals surface area contributed by atoms with Crippen LogP contribution in [0.3, 0.4) is 0 Å². The summed E-state index contributed by atoms with van der Waals surface area (Å²) in [6.45, 7) is 2.18. The van der Waals surface area contributed by atoms with E-state index in [9.17, 15) is 4.39 Å². The number of thioether (sulfide) groups is 1. The first kappa shape index (κ1) is 12.2. The molecule has 1 heterocycles. The predicted octanol–water partition coefficient (Wildman–Crippen LogP) is 3.77. The van der Waals surface area contributed by atoms with Gasteiger partial charge in [0.1, 0.15) is 5.82 Å². The number of rotatable bonds is 1. The van der Waals surface area contributed by atoms with E-state index in [0.29, 0.717) is 10.3 Å². The highest BCUT2D eigenvalue weighted by Gasteiger charge is 2.24. The van der Waals surface area contributed by atoms with E-state index in [1.807, 2.05) is 13.1 Å². The molecule has 4 heteroatoms. The fourth-order valence-corrected chi connectivity index (χ4v) is 3.41. The zero-order valence-electron chi connectivity index (χ0n) is 9.39. The van der Waals surface area contributed by atoms with Crippen LogP contribution in [0.5, 0.6) is 0 Å². The molecule has 1 aliphatic heterocycles. The van der Waals surface area contributed by atoms with Crippen molar-refractivity contribution in [3.63, 3.8) is 0 Å². The molecule has 0 amide bonds. The van der Waals surface area contributed by atoms with Crippen molar-refractivity contribution >= 4 is 23.4 Å². The van der Waals surface area contributed by atoms with E-state index >= 15 is 0 Å². The van der Waals surface area contributed by atoms with Gasteiger partial charge in [-0.05, 0) is 31.2 Å². The Morgan fingerprint density at radius 3 is 2.94 bits per heavy atom. The molecule has 1 aromatic rings. The van der Waals surface area contributed by atoms with E-state index in [0.717, 1.165) is 23.3 Å². The Kier molecular flexibility index (Phi) is 3.77. The molecule has 16 heavy (non-hydrogen) atoms. The summed E-state index contributed by atoms with van der Waals surface area (Å²) in [6, 6.07) is 3.50. The van der Waals surface area contributed by atoms with E-state index in [-0.39, 0.29) is 11.9 Å². The molecule has 0 aromatic heterocycles. The van der Waals surface area contributed by atoms with Crippen LogP contribution in [0.4, 0.5) is 4.39 Å². The van der Waals surface area contributed by atoms with Gasteiger partial charge < -0.3 is 5.32 Å². The summed E-state index contributed by atoms with van der Waals surface area (Å²) in [4.78, 5) is 0. The third kappa shape index (κ3) is 2.36. The molecule has 0 spiro atoms. The molecule has 88 valence electrons. The Labute approximate surface area is 105 Å². The summed E-state index contributed by atoms with van der Waals surface area (Å²) >= 11 is 7.72. The van der Waals surface area contributed by atoms with E-state index < -0.39 is 0 Å². The lowest BCUT2D eigenvalue weighted by atomic mass is 9.97. The van der Waals surface area contributed by atoms with Gasteiger partial charge in [0.25, 0.3) is 0 Å². The largest absolute Gasteiger partial charge is 0.313 e. The minimum Gasteiger partial charge on any atom is -0.313 e. The van der Waals surface area contributed by atoms with Gasteiger partial charge in [0, 0.05) is 27.6 Å². The topological polar surface area (TPSA) is 12.0 Å². The number of halogens is 2. The maximum absolute atomic E-state index is 13.8. The molecule has 2 atom stereocenters. The van der Waals surface area contributed by atoms with Gasteiger partial charge in [-0.25, -0.2) is 4.39 Å². The van der Waals surface area contributed by atoms with Crippen LogP contribution < -0.4 is 5.32 Å². The van der Waals surface area contributed by atoms with Gasteiger partial charge in [-0.15, -0.1) is 0 Å². The van der Waals surface area contributed by atoms with E-state index in [1.165, 1.54) is 6.07 Å². The average Bonchev–Trinajstić information content (AvgIpc) is 2.38.